The van der Waals surface area contributed by atoms with Crippen LogP contribution in [0.5, 0.6) is 0 Å². The van der Waals surface area contributed by atoms with E-state index in [-0.39, 0.29) is 13.8 Å². The zero-order chi connectivity index (χ0) is 33.4. The van der Waals surface area contributed by atoms with Crippen molar-refractivity contribution in [2.45, 2.75) is 76.2 Å². The van der Waals surface area contributed by atoms with Crippen LogP contribution in [-0.2, 0) is 9.59 Å². The molecule has 1 amide bonds. The van der Waals surface area contributed by atoms with Crippen LogP contribution < -0.4 is 5.48 Å². The molecule has 0 atom stereocenters. The van der Waals surface area contributed by atoms with Gasteiger partial charge in [0.25, 0.3) is 0 Å². The van der Waals surface area contributed by atoms with Crippen molar-refractivity contribution in [1.29, 1.82) is 0 Å². The number of benzene rings is 2. The van der Waals surface area contributed by atoms with Crippen LogP contribution in [0.3, 0.4) is 0 Å². The van der Waals surface area contributed by atoms with E-state index in [2.05, 4.69) is 85.1 Å². The van der Waals surface area contributed by atoms with E-state index < -0.39 is 0 Å². The van der Waals surface area contributed by atoms with Crippen LogP contribution in [0, 0.1) is 6.92 Å². The maximum absolute atomic E-state index is 8.81. The highest BCUT2D eigenvalue weighted by molar-refractivity contribution is 8.01. The number of fused-ring (bicyclic) bond motifs is 1. The molecule has 1 aliphatic heterocycles. The van der Waals surface area contributed by atoms with Gasteiger partial charge in [0, 0.05) is 45.1 Å². The minimum absolute atomic E-state index is 0. The third kappa shape index (κ3) is 41.4. The molecule has 0 unspecified atom stereocenters. The molecule has 7 nitrogen and oxygen atoms in total. The summed E-state index contributed by atoms with van der Waals surface area (Å²) in [4.78, 5) is 25.8. The van der Waals surface area contributed by atoms with Gasteiger partial charge in [-0.05, 0) is 50.3 Å². The smallest absolute Gasteiger partial charge is 0.230 e. The van der Waals surface area contributed by atoms with E-state index in [9.17, 15) is 0 Å². The molecule has 250 valence electrons. The number of aryl methyl sites for hydroxylation is 1. The lowest BCUT2D eigenvalue weighted by Gasteiger charge is -2.31. The van der Waals surface area contributed by atoms with Crippen molar-refractivity contribution in [3.8, 4) is 0 Å². The van der Waals surface area contributed by atoms with Gasteiger partial charge >= 0.3 is 0 Å². The lowest BCUT2D eigenvalue weighted by atomic mass is 10.1. The number of hydrogen-bond donors (Lipinski definition) is 2. The van der Waals surface area contributed by atoms with E-state index in [1.54, 1.807) is 11.8 Å². The Kier molecular flexibility index (Phi) is 60.1. The molecule has 0 saturated carbocycles. The minimum atomic E-state index is 0. The molecular formula is C35H66N4O3S. The van der Waals surface area contributed by atoms with E-state index in [0.717, 1.165) is 19.6 Å². The lowest BCUT2D eigenvalue weighted by Crippen LogP contribution is -2.44. The molecule has 1 fully saturated rings. The van der Waals surface area contributed by atoms with Gasteiger partial charge in [-0.3, -0.25) is 19.9 Å². The number of carbonyl (C=O) groups excluding carboxylic acids is 2. The summed E-state index contributed by atoms with van der Waals surface area (Å²) in [6.45, 7) is 26.0. The number of piperazine rings is 1. The molecule has 1 heterocycles. The molecule has 0 spiro atoms. The Morgan fingerprint density at radius 1 is 0.953 bits per heavy atom. The van der Waals surface area contributed by atoms with Gasteiger partial charge in [0.1, 0.15) is 6.79 Å². The largest absolute Gasteiger partial charge is 0.307 e. The van der Waals surface area contributed by atoms with Gasteiger partial charge in [-0.15, -0.1) is 11.8 Å². The molecular weight excluding hydrogens is 556 g/mol. The predicted octanol–water partition coefficient (Wildman–Crippen LogP) is 8.91. The van der Waals surface area contributed by atoms with Gasteiger partial charge in [0.15, 0.2) is 0 Å². The third-order valence-corrected chi connectivity index (χ3v) is 5.01. The van der Waals surface area contributed by atoms with Gasteiger partial charge in [-0.2, -0.15) is 0 Å². The number of nitrogens with zero attached hydrogens (tertiary/aromatic N) is 3. The molecule has 1 saturated heterocycles. The number of hydrogen-bond acceptors (Lipinski definition) is 7. The molecule has 0 aliphatic carbocycles. The van der Waals surface area contributed by atoms with Gasteiger partial charge in [-0.1, -0.05) is 116 Å². The molecule has 8 heteroatoms. The van der Waals surface area contributed by atoms with Crippen LogP contribution in [0.1, 0.15) is 74.8 Å². The summed E-state index contributed by atoms with van der Waals surface area (Å²) in [7, 11) is 2.17. The van der Waals surface area contributed by atoms with Crippen LogP contribution >= 0.6 is 11.8 Å². The first-order chi connectivity index (χ1) is 20.4. The summed E-state index contributed by atoms with van der Waals surface area (Å²) in [5, 5.41) is 11.9. The third-order valence-electron chi connectivity index (χ3n) is 4.62. The van der Waals surface area contributed by atoms with E-state index in [1.165, 1.54) is 41.3 Å². The average molecular weight is 623 g/mol. The van der Waals surface area contributed by atoms with Crippen molar-refractivity contribution in [2.24, 2.45) is 4.99 Å². The Balaban J connectivity index is -0.000000105. The first kappa shape index (κ1) is 52.8. The number of thioether (sulfide) groups is 1. The van der Waals surface area contributed by atoms with Crippen molar-refractivity contribution >= 4 is 41.9 Å². The van der Waals surface area contributed by atoms with Crippen molar-refractivity contribution in [3.63, 3.8) is 0 Å². The summed E-state index contributed by atoms with van der Waals surface area (Å²) in [5.74, 6) is 0. The van der Waals surface area contributed by atoms with Gasteiger partial charge < -0.3 is 9.69 Å². The molecule has 0 aromatic heterocycles. The highest BCUT2D eigenvalue weighted by atomic mass is 32.2. The molecule has 2 aromatic carbocycles. The van der Waals surface area contributed by atoms with Crippen molar-refractivity contribution < 1.29 is 14.8 Å². The number of rotatable bonds is 5. The van der Waals surface area contributed by atoms with E-state index >= 15 is 0 Å². The van der Waals surface area contributed by atoms with Crippen LogP contribution in [0.2, 0.25) is 0 Å². The quantitative estimate of drug-likeness (QED) is 0.114. The van der Waals surface area contributed by atoms with E-state index in [0.29, 0.717) is 0 Å². The Hall–Kier alpha value is -2.78. The summed E-state index contributed by atoms with van der Waals surface area (Å²) in [6, 6.07) is 14.9. The van der Waals surface area contributed by atoms with Crippen LogP contribution in [-0.4, -0.2) is 80.4 Å². The number of allylic oxidation sites excluding steroid dienone is 2. The number of aliphatic imine (C=N–C) groups is 1. The molecule has 43 heavy (non-hydrogen) atoms. The number of nitrogens with one attached hydrogen (secondary N) is 1. The fourth-order valence-corrected chi connectivity index (χ4v) is 2.85. The Morgan fingerprint density at radius 3 is 1.84 bits per heavy atom. The topological polar surface area (TPSA) is 85.2 Å². The highest BCUT2D eigenvalue weighted by Crippen LogP contribution is 2.14. The predicted molar refractivity (Wildman–Crippen MR) is 198 cm³/mol. The van der Waals surface area contributed by atoms with Crippen LogP contribution in [0.15, 0.2) is 71.2 Å². The Bertz CT molecular complexity index is 865. The maximum Gasteiger partial charge on any atom is 0.230 e. The fraction of sp³-hybridized carbons (Fsp3) is 0.514. The maximum atomic E-state index is 8.81. The second-order valence-electron chi connectivity index (χ2n) is 7.93. The summed E-state index contributed by atoms with van der Waals surface area (Å²) < 4.78 is 0. The number of likely N-dealkylation sites (N-methyl/N-ethyl adjacent to an activating group) is 1. The molecule has 0 radical (unpaired) electrons. The molecule has 2 N–H and O–H groups in total. The molecule has 0 bridgehead atoms. The lowest BCUT2D eigenvalue weighted by molar-refractivity contribution is -0.116. The fourth-order valence-electron chi connectivity index (χ4n) is 2.66. The SMILES string of the molecule is C.C/C=C\C.C=O.CC.CC.CCC.CS/C=C\N=CCN1CCN(C)CC1.Cc1ccc2ccccc2c1.O=CNO. The standard InChI is InChI=1S/C11H10.C10H19N3S.C4H8.C3H8.2C2H6.CH3NO2.CH2O.CH4/c1-9-6-7-10-4-2-3-5-11(10)8-9;1-12-6-8-13(9-7-12)5-3-11-4-10-14-2;1-3-4-2;1-3-2;2*1-2;3-1-2-4;1-2;/h2-8H,1H3;3-4,10H,5-9H2,1-2H3;3-4H,1-2H3;3H2,1-2H3;2*1-2H3;1,4H,(H,2,3);1H2;1H4/b;10-4-,11-3?;4-3-;;;;;;. The van der Waals surface area contributed by atoms with Crippen LogP contribution in [0.25, 0.3) is 10.8 Å². The number of hydroxylamine groups is 1. The van der Waals surface area contributed by atoms with Crippen molar-refractivity contribution in [1.82, 2.24) is 15.3 Å². The normalized spacial score (nSPS) is 11.7. The first-order valence-corrected chi connectivity index (χ1v) is 16.0. The molecule has 3 rings (SSSR count). The summed E-state index contributed by atoms with van der Waals surface area (Å²) in [5.41, 5.74) is 2.57. The zero-order valence-electron chi connectivity index (χ0n) is 28.5. The van der Waals surface area contributed by atoms with E-state index in [4.69, 9.17) is 14.8 Å². The van der Waals surface area contributed by atoms with Gasteiger partial charge in [0.05, 0.1) is 0 Å². The van der Waals surface area contributed by atoms with Gasteiger partial charge in [-0.25, -0.2) is 5.48 Å². The summed E-state index contributed by atoms with van der Waals surface area (Å²) in [6.07, 6.45) is 11.3. The molecule has 2 aromatic rings. The molecule has 1 aliphatic rings. The van der Waals surface area contributed by atoms with E-state index in [1.807, 2.05) is 84.6 Å². The zero-order valence-corrected chi connectivity index (χ0v) is 29.3. The Morgan fingerprint density at radius 2 is 1.42 bits per heavy atom. The van der Waals surface area contributed by atoms with Gasteiger partial charge in [0.2, 0.25) is 6.41 Å². The second kappa shape index (κ2) is 48.9. The monoisotopic (exact) mass is 622 g/mol. The summed E-state index contributed by atoms with van der Waals surface area (Å²) >= 11 is 1.67. The van der Waals surface area contributed by atoms with Crippen molar-refractivity contribution in [3.05, 3.63) is 71.8 Å². The van der Waals surface area contributed by atoms with Crippen molar-refractivity contribution in [2.75, 3.05) is 46.0 Å². The average Bonchev–Trinajstić information content (AvgIpc) is 3.05. The Labute approximate surface area is 270 Å². The number of carbonyl (C=O) groups is 2. The second-order valence-corrected chi connectivity index (χ2v) is 8.67. The first-order valence-electron chi connectivity index (χ1n) is 14.7. The highest BCUT2D eigenvalue weighted by Gasteiger charge is 2.11. The minimum Gasteiger partial charge on any atom is -0.307 e. The number of amides is 1. The van der Waals surface area contributed by atoms with Crippen LogP contribution in [0.4, 0.5) is 0 Å².